The van der Waals surface area contributed by atoms with E-state index in [1.54, 1.807) is 18.2 Å². The second-order valence-corrected chi connectivity index (χ2v) is 14.2. The Balaban J connectivity index is 1.22. The number of amides is 2. The number of fused-ring (bicyclic) bond motifs is 4. The van der Waals surface area contributed by atoms with E-state index in [1.807, 2.05) is 16.0 Å². The third-order valence-corrected chi connectivity index (χ3v) is 9.30. The van der Waals surface area contributed by atoms with Crippen LogP contribution in [0.2, 0.25) is 0 Å². The molecule has 0 bridgehead atoms. The molecule has 1 fully saturated rings. The van der Waals surface area contributed by atoms with Crippen LogP contribution < -0.4 is 5.56 Å². The first-order valence-electron chi connectivity index (χ1n) is 15.8. The SMILES string of the molecule is CC(C)c1cc2c(c3cn[nH]c13)CN(CC(C)(C)C)C(=O)C(CC(=O)N1CCC(c3cc4cccc(F)c4[nH]c3=O)CC1)C2. The maximum Gasteiger partial charge on any atom is 0.251 e. The number of benzene rings is 2. The summed E-state index contributed by atoms with van der Waals surface area (Å²) in [6.45, 7) is 12.8. The van der Waals surface area contributed by atoms with Crippen LogP contribution in [0.5, 0.6) is 0 Å². The van der Waals surface area contributed by atoms with Crippen molar-refractivity contribution < 1.29 is 14.0 Å². The molecule has 2 aromatic carbocycles. The predicted molar refractivity (Wildman–Crippen MR) is 170 cm³/mol. The number of hydrogen-bond donors (Lipinski definition) is 2. The summed E-state index contributed by atoms with van der Waals surface area (Å²) >= 11 is 0. The average Bonchev–Trinajstić information content (AvgIpc) is 3.42. The first-order chi connectivity index (χ1) is 20.9. The quantitative estimate of drug-likeness (QED) is 0.293. The smallest absolute Gasteiger partial charge is 0.251 e. The zero-order valence-corrected chi connectivity index (χ0v) is 26.3. The number of halogens is 1. The number of aromatic nitrogens is 3. The highest BCUT2D eigenvalue weighted by molar-refractivity contribution is 5.90. The molecule has 1 atom stereocenters. The number of H-pyrrole nitrogens is 2. The van der Waals surface area contributed by atoms with E-state index in [-0.39, 0.29) is 46.6 Å². The fourth-order valence-electron chi connectivity index (χ4n) is 7.12. The summed E-state index contributed by atoms with van der Waals surface area (Å²) in [4.78, 5) is 47.1. The van der Waals surface area contributed by atoms with Crippen LogP contribution >= 0.6 is 0 Å². The van der Waals surface area contributed by atoms with Gasteiger partial charge in [0, 0.05) is 48.9 Å². The highest BCUT2D eigenvalue weighted by Crippen LogP contribution is 2.36. The van der Waals surface area contributed by atoms with E-state index in [1.165, 1.54) is 11.6 Å². The second kappa shape index (κ2) is 11.5. The number of nitrogens with zero attached hydrogens (tertiary/aromatic N) is 3. The van der Waals surface area contributed by atoms with Crippen molar-refractivity contribution in [1.82, 2.24) is 25.0 Å². The summed E-state index contributed by atoms with van der Waals surface area (Å²) in [7, 11) is 0. The number of nitrogens with one attached hydrogen (secondary N) is 2. The van der Waals surface area contributed by atoms with Crippen LogP contribution in [0.3, 0.4) is 0 Å². The molecule has 0 aliphatic carbocycles. The van der Waals surface area contributed by atoms with E-state index in [2.05, 4.69) is 55.9 Å². The van der Waals surface area contributed by atoms with E-state index in [0.29, 0.717) is 56.4 Å². The van der Waals surface area contributed by atoms with Gasteiger partial charge in [0.25, 0.3) is 5.56 Å². The highest BCUT2D eigenvalue weighted by Gasteiger charge is 2.36. The molecule has 232 valence electrons. The first kappa shape index (κ1) is 30.0. The minimum atomic E-state index is -0.452. The molecule has 44 heavy (non-hydrogen) atoms. The van der Waals surface area contributed by atoms with Crippen molar-refractivity contribution in [2.75, 3.05) is 19.6 Å². The number of likely N-dealkylation sites (tertiary alicyclic amines) is 1. The van der Waals surface area contributed by atoms with Crippen molar-refractivity contribution in [2.45, 2.75) is 78.7 Å². The summed E-state index contributed by atoms with van der Waals surface area (Å²) in [5.74, 6) is -0.635. The molecule has 0 radical (unpaired) electrons. The Morgan fingerprint density at radius 1 is 1.11 bits per heavy atom. The van der Waals surface area contributed by atoms with Gasteiger partial charge >= 0.3 is 0 Å². The lowest BCUT2D eigenvalue weighted by Crippen LogP contribution is -2.43. The predicted octanol–water partition coefficient (Wildman–Crippen LogP) is 6.01. The standard InChI is InChI=1S/C35H42FN5O3/c1-20(2)25-15-23-13-24(34(44)41(19-35(3,4)5)18-28(23)27-17-37-39-32(25)27)16-30(42)40-11-9-21(10-12-40)26-14-22-7-6-8-29(36)31(22)38-33(26)43/h6-8,14-15,17,20-21,24H,9-13,16,18-19H2,1-5H3,(H,37,39)(H,38,43). The van der Waals surface area contributed by atoms with E-state index in [0.717, 1.165) is 22.0 Å². The first-order valence-corrected chi connectivity index (χ1v) is 15.8. The normalized spacial score (nSPS) is 18.3. The second-order valence-electron chi connectivity index (χ2n) is 14.2. The summed E-state index contributed by atoms with van der Waals surface area (Å²) in [5, 5.41) is 9.25. The van der Waals surface area contributed by atoms with Crippen molar-refractivity contribution >= 4 is 33.6 Å². The monoisotopic (exact) mass is 599 g/mol. The van der Waals surface area contributed by atoms with Gasteiger partial charge in [0.15, 0.2) is 0 Å². The number of para-hydroxylation sites is 1. The summed E-state index contributed by atoms with van der Waals surface area (Å²) in [6, 6.07) is 8.77. The molecule has 6 rings (SSSR count). The molecule has 1 unspecified atom stereocenters. The van der Waals surface area contributed by atoms with Gasteiger partial charge in [-0.3, -0.25) is 19.5 Å². The largest absolute Gasteiger partial charge is 0.343 e. The molecule has 4 heterocycles. The van der Waals surface area contributed by atoms with Crippen LogP contribution in [0, 0.1) is 17.2 Å². The fourth-order valence-corrected chi connectivity index (χ4v) is 7.12. The van der Waals surface area contributed by atoms with Gasteiger partial charge in [-0.25, -0.2) is 4.39 Å². The maximum absolute atomic E-state index is 14.2. The molecular weight excluding hydrogens is 557 g/mol. The van der Waals surface area contributed by atoms with E-state index < -0.39 is 11.7 Å². The Morgan fingerprint density at radius 2 is 1.86 bits per heavy atom. The van der Waals surface area contributed by atoms with Crippen LogP contribution in [0.15, 0.2) is 41.3 Å². The van der Waals surface area contributed by atoms with Crippen LogP contribution in [-0.4, -0.2) is 56.4 Å². The maximum atomic E-state index is 14.2. The molecule has 2 aromatic heterocycles. The Kier molecular flexibility index (Phi) is 7.84. The number of piperidine rings is 1. The highest BCUT2D eigenvalue weighted by atomic mass is 19.1. The Morgan fingerprint density at radius 3 is 2.57 bits per heavy atom. The lowest BCUT2D eigenvalue weighted by Gasteiger charge is -2.34. The van der Waals surface area contributed by atoms with E-state index in [9.17, 15) is 18.8 Å². The molecule has 4 aromatic rings. The van der Waals surface area contributed by atoms with Crippen LogP contribution in [0.1, 0.15) is 88.0 Å². The topological polar surface area (TPSA) is 102 Å². The molecule has 8 nitrogen and oxygen atoms in total. The summed E-state index contributed by atoms with van der Waals surface area (Å²) in [6.07, 6.45) is 3.82. The number of carbonyl (C=O) groups excluding carboxylic acids is 2. The van der Waals surface area contributed by atoms with Gasteiger partial charge in [0.05, 0.1) is 23.1 Å². The van der Waals surface area contributed by atoms with Gasteiger partial charge in [-0.2, -0.15) is 5.10 Å². The molecule has 9 heteroatoms. The van der Waals surface area contributed by atoms with Gasteiger partial charge in [-0.1, -0.05) is 52.8 Å². The Hall–Kier alpha value is -4.01. The van der Waals surface area contributed by atoms with Gasteiger partial charge < -0.3 is 14.8 Å². The molecule has 2 amide bonds. The lowest BCUT2D eigenvalue weighted by atomic mass is 9.87. The van der Waals surface area contributed by atoms with Crippen molar-refractivity contribution in [2.24, 2.45) is 11.3 Å². The van der Waals surface area contributed by atoms with Crippen LogP contribution in [0.4, 0.5) is 4.39 Å². The van der Waals surface area contributed by atoms with Crippen LogP contribution in [0.25, 0.3) is 21.8 Å². The molecule has 0 saturated carbocycles. The van der Waals surface area contributed by atoms with Gasteiger partial charge in [-0.05, 0) is 65.3 Å². The number of pyridine rings is 1. The number of carbonyl (C=O) groups is 2. The minimum absolute atomic E-state index is 0.0176. The Bertz CT molecular complexity index is 1790. The number of rotatable bonds is 5. The van der Waals surface area contributed by atoms with E-state index in [4.69, 9.17) is 0 Å². The zero-order valence-electron chi connectivity index (χ0n) is 26.3. The third kappa shape index (κ3) is 5.76. The van der Waals surface area contributed by atoms with Crippen molar-refractivity contribution in [1.29, 1.82) is 0 Å². The molecule has 2 N–H and O–H groups in total. The molecule has 2 aliphatic rings. The minimum Gasteiger partial charge on any atom is -0.343 e. The fraction of sp³-hybridized carbons (Fsp3) is 0.486. The van der Waals surface area contributed by atoms with Crippen molar-refractivity contribution in [3.05, 3.63) is 75.0 Å². The van der Waals surface area contributed by atoms with Gasteiger partial charge in [0.1, 0.15) is 5.82 Å². The molecular formula is C35H42FN5O3. The molecule has 2 aliphatic heterocycles. The number of aromatic amines is 2. The van der Waals surface area contributed by atoms with Crippen molar-refractivity contribution in [3.63, 3.8) is 0 Å². The average molecular weight is 600 g/mol. The molecule has 0 spiro atoms. The third-order valence-electron chi connectivity index (χ3n) is 9.30. The molecule has 1 saturated heterocycles. The van der Waals surface area contributed by atoms with E-state index >= 15 is 0 Å². The summed E-state index contributed by atoms with van der Waals surface area (Å²) in [5.41, 5.74) is 4.91. The summed E-state index contributed by atoms with van der Waals surface area (Å²) < 4.78 is 14.2. The number of hydrogen-bond acceptors (Lipinski definition) is 4. The van der Waals surface area contributed by atoms with Gasteiger partial charge in [-0.15, -0.1) is 0 Å². The lowest BCUT2D eigenvalue weighted by molar-refractivity contribution is -0.142. The van der Waals surface area contributed by atoms with Crippen LogP contribution in [-0.2, 0) is 22.6 Å². The van der Waals surface area contributed by atoms with Crippen molar-refractivity contribution in [3.8, 4) is 0 Å². The zero-order chi connectivity index (χ0) is 31.3. The Labute approximate surface area is 257 Å². The van der Waals surface area contributed by atoms with Gasteiger partial charge in [0.2, 0.25) is 11.8 Å².